The Kier molecular flexibility index (Phi) is 6.86. The average Bonchev–Trinajstić information content (AvgIpc) is 3.08. The molecule has 0 saturated carbocycles. The monoisotopic (exact) mass is 450 g/mol. The lowest BCUT2D eigenvalue weighted by atomic mass is 10.1. The molecule has 0 spiro atoms. The summed E-state index contributed by atoms with van der Waals surface area (Å²) >= 11 is 7.37. The topological polar surface area (TPSA) is 114 Å². The largest absolute Gasteiger partial charge is 0.355 e. The molecule has 0 saturated heterocycles. The zero-order valence-electron chi connectivity index (χ0n) is 15.3. The molecule has 152 valence electrons. The number of rotatable bonds is 8. The van der Waals surface area contributed by atoms with Crippen LogP contribution in [0.1, 0.15) is 11.3 Å². The molecule has 0 atom stereocenters. The van der Waals surface area contributed by atoms with Gasteiger partial charge in [-0.05, 0) is 42.3 Å². The van der Waals surface area contributed by atoms with Gasteiger partial charge < -0.3 is 10.6 Å². The third-order valence-electron chi connectivity index (χ3n) is 3.96. The van der Waals surface area contributed by atoms with Crippen molar-refractivity contribution in [3.05, 3.63) is 70.2 Å². The molecular formula is C19H19ClN4O3S2. The Morgan fingerprint density at radius 2 is 1.93 bits per heavy atom. The first-order chi connectivity index (χ1) is 13.8. The number of hydrogen-bond acceptors (Lipinski definition) is 6. The summed E-state index contributed by atoms with van der Waals surface area (Å²) in [5, 5.41) is 14.2. The fourth-order valence-corrected chi connectivity index (χ4v) is 3.99. The number of carbonyl (C=O) groups is 1. The standard InChI is InChI=1S/C19H19ClN4O3S2/c20-14-2-1-3-15(10-14)23-19-24-16(12-28-19)11-18(25)22-9-8-13-4-6-17(7-5-13)29(21,26)27/h1-7,10,12H,8-9,11H2,(H,22,25)(H,23,24)(H2,21,26,27). The molecule has 29 heavy (non-hydrogen) atoms. The number of amides is 1. The summed E-state index contributed by atoms with van der Waals surface area (Å²) in [4.78, 5) is 16.6. The van der Waals surface area contributed by atoms with E-state index in [0.29, 0.717) is 28.8 Å². The van der Waals surface area contributed by atoms with Gasteiger partial charge in [0, 0.05) is 22.6 Å². The first-order valence-corrected chi connectivity index (χ1v) is 11.5. The van der Waals surface area contributed by atoms with Crippen LogP contribution in [0.15, 0.2) is 58.8 Å². The molecule has 1 heterocycles. The van der Waals surface area contributed by atoms with Gasteiger partial charge in [-0.15, -0.1) is 11.3 Å². The zero-order chi connectivity index (χ0) is 20.9. The lowest BCUT2D eigenvalue weighted by Crippen LogP contribution is -2.27. The van der Waals surface area contributed by atoms with Gasteiger partial charge in [-0.2, -0.15) is 0 Å². The van der Waals surface area contributed by atoms with E-state index in [0.717, 1.165) is 11.3 Å². The SMILES string of the molecule is NS(=O)(=O)c1ccc(CCNC(=O)Cc2csc(Nc3cccc(Cl)c3)n2)cc1. The summed E-state index contributed by atoms with van der Waals surface area (Å²) in [6, 6.07) is 13.6. The third kappa shape index (κ3) is 6.53. The molecule has 0 aliphatic rings. The fourth-order valence-electron chi connectivity index (χ4n) is 2.55. The summed E-state index contributed by atoms with van der Waals surface area (Å²) < 4.78 is 22.5. The van der Waals surface area contributed by atoms with Crippen LogP contribution >= 0.6 is 22.9 Å². The van der Waals surface area contributed by atoms with Crippen molar-refractivity contribution in [2.24, 2.45) is 5.14 Å². The fraction of sp³-hybridized carbons (Fsp3) is 0.158. The van der Waals surface area contributed by atoms with Crippen molar-refractivity contribution in [3.8, 4) is 0 Å². The van der Waals surface area contributed by atoms with E-state index >= 15 is 0 Å². The van der Waals surface area contributed by atoms with Gasteiger partial charge in [0.25, 0.3) is 0 Å². The normalized spacial score (nSPS) is 11.2. The Labute approximate surface area is 178 Å². The van der Waals surface area contributed by atoms with Crippen molar-refractivity contribution in [2.75, 3.05) is 11.9 Å². The quantitative estimate of drug-likeness (QED) is 0.488. The number of sulfonamides is 1. The molecule has 0 aliphatic heterocycles. The highest BCUT2D eigenvalue weighted by Crippen LogP contribution is 2.23. The molecular weight excluding hydrogens is 432 g/mol. The van der Waals surface area contributed by atoms with E-state index in [4.69, 9.17) is 16.7 Å². The summed E-state index contributed by atoms with van der Waals surface area (Å²) in [5.74, 6) is -0.134. The molecule has 1 amide bonds. The van der Waals surface area contributed by atoms with Gasteiger partial charge in [-0.25, -0.2) is 18.5 Å². The molecule has 0 fully saturated rings. The maximum Gasteiger partial charge on any atom is 0.238 e. The van der Waals surface area contributed by atoms with Gasteiger partial charge in [-0.1, -0.05) is 29.8 Å². The van der Waals surface area contributed by atoms with E-state index in [1.807, 2.05) is 17.5 Å². The van der Waals surface area contributed by atoms with Crippen LogP contribution < -0.4 is 15.8 Å². The van der Waals surface area contributed by atoms with Crippen molar-refractivity contribution in [3.63, 3.8) is 0 Å². The molecule has 0 bridgehead atoms. The maximum atomic E-state index is 12.1. The molecule has 1 aromatic heterocycles. The van der Waals surface area contributed by atoms with Crippen LogP contribution in [0.4, 0.5) is 10.8 Å². The molecule has 4 N–H and O–H groups in total. The van der Waals surface area contributed by atoms with E-state index in [2.05, 4.69) is 15.6 Å². The Balaban J connectivity index is 1.46. The van der Waals surface area contributed by atoms with Crippen LogP contribution in [-0.4, -0.2) is 25.9 Å². The second-order valence-electron chi connectivity index (χ2n) is 6.25. The van der Waals surface area contributed by atoms with Crippen LogP contribution in [0.3, 0.4) is 0 Å². The van der Waals surface area contributed by atoms with Gasteiger partial charge in [0.1, 0.15) is 0 Å². The van der Waals surface area contributed by atoms with Crippen molar-refractivity contribution in [1.29, 1.82) is 0 Å². The highest BCUT2D eigenvalue weighted by molar-refractivity contribution is 7.89. The number of aromatic nitrogens is 1. The molecule has 3 aromatic rings. The van der Waals surface area contributed by atoms with E-state index in [9.17, 15) is 13.2 Å². The number of nitrogens with one attached hydrogen (secondary N) is 2. The highest BCUT2D eigenvalue weighted by Gasteiger charge is 2.09. The lowest BCUT2D eigenvalue weighted by Gasteiger charge is -2.05. The molecule has 2 aromatic carbocycles. The van der Waals surface area contributed by atoms with Gasteiger partial charge in [-0.3, -0.25) is 4.79 Å². The number of carbonyl (C=O) groups excluding carboxylic acids is 1. The van der Waals surface area contributed by atoms with E-state index < -0.39 is 10.0 Å². The van der Waals surface area contributed by atoms with Crippen LogP contribution in [-0.2, 0) is 27.7 Å². The van der Waals surface area contributed by atoms with Gasteiger partial charge in [0.15, 0.2) is 5.13 Å². The Bertz CT molecular complexity index is 1100. The number of thiazole rings is 1. The molecule has 7 nitrogen and oxygen atoms in total. The minimum atomic E-state index is -3.70. The number of primary sulfonamides is 1. The summed E-state index contributed by atoms with van der Waals surface area (Å²) in [5.41, 5.74) is 2.41. The second-order valence-corrected chi connectivity index (χ2v) is 9.10. The van der Waals surface area contributed by atoms with Crippen molar-refractivity contribution in [1.82, 2.24) is 10.3 Å². The molecule has 10 heteroatoms. The molecule has 0 aliphatic carbocycles. The first kappa shape index (κ1) is 21.3. The summed E-state index contributed by atoms with van der Waals surface area (Å²) in [6.07, 6.45) is 0.757. The Hall–Kier alpha value is -2.46. The van der Waals surface area contributed by atoms with Crippen molar-refractivity contribution >= 4 is 49.7 Å². The zero-order valence-corrected chi connectivity index (χ0v) is 17.7. The number of nitrogens with two attached hydrogens (primary N) is 1. The first-order valence-electron chi connectivity index (χ1n) is 8.65. The van der Waals surface area contributed by atoms with Gasteiger partial charge in [0.2, 0.25) is 15.9 Å². The lowest BCUT2D eigenvalue weighted by molar-refractivity contribution is -0.120. The maximum absolute atomic E-state index is 12.1. The predicted molar refractivity (Wildman–Crippen MR) is 115 cm³/mol. The number of hydrogen-bond donors (Lipinski definition) is 3. The van der Waals surface area contributed by atoms with Crippen LogP contribution in [0.2, 0.25) is 5.02 Å². The average molecular weight is 451 g/mol. The van der Waals surface area contributed by atoms with Gasteiger partial charge in [0.05, 0.1) is 17.0 Å². The van der Waals surface area contributed by atoms with Crippen LogP contribution in [0, 0.1) is 0 Å². The number of benzene rings is 2. The second kappa shape index (κ2) is 9.36. The Morgan fingerprint density at radius 3 is 2.62 bits per heavy atom. The molecule has 3 rings (SSSR count). The minimum Gasteiger partial charge on any atom is -0.355 e. The van der Waals surface area contributed by atoms with Crippen LogP contribution in [0.5, 0.6) is 0 Å². The number of nitrogens with zero attached hydrogens (tertiary/aromatic N) is 1. The number of anilines is 2. The number of halogens is 1. The molecule has 0 radical (unpaired) electrons. The van der Waals surface area contributed by atoms with Gasteiger partial charge >= 0.3 is 0 Å². The summed E-state index contributed by atoms with van der Waals surface area (Å²) in [7, 11) is -3.70. The van der Waals surface area contributed by atoms with Crippen molar-refractivity contribution < 1.29 is 13.2 Å². The highest BCUT2D eigenvalue weighted by atomic mass is 35.5. The minimum absolute atomic E-state index is 0.0657. The Morgan fingerprint density at radius 1 is 1.17 bits per heavy atom. The van der Waals surface area contributed by atoms with Crippen LogP contribution in [0.25, 0.3) is 0 Å². The van der Waals surface area contributed by atoms with E-state index in [1.54, 1.807) is 24.3 Å². The smallest absolute Gasteiger partial charge is 0.238 e. The molecule has 0 unspecified atom stereocenters. The summed E-state index contributed by atoms with van der Waals surface area (Å²) in [6.45, 7) is 0.436. The van der Waals surface area contributed by atoms with E-state index in [-0.39, 0.29) is 17.2 Å². The predicted octanol–water partition coefficient (Wildman–Crippen LogP) is 3.09. The van der Waals surface area contributed by atoms with Crippen molar-refractivity contribution in [2.45, 2.75) is 17.7 Å². The van der Waals surface area contributed by atoms with E-state index in [1.165, 1.54) is 23.5 Å². The third-order valence-corrected chi connectivity index (χ3v) is 5.93.